The zero-order chi connectivity index (χ0) is 17.9. The molecule has 5 nitrogen and oxygen atoms in total. The Morgan fingerprint density at radius 3 is 2.58 bits per heavy atom. The van der Waals surface area contributed by atoms with Crippen molar-refractivity contribution < 1.29 is 31.9 Å². The zero-order valence-corrected chi connectivity index (χ0v) is 13.0. The predicted octanol–water partition coefficient (Wildman–Crippen LogP) is 4.06. The van der Waals surface area contributed by atoms with Gasteiger partial charge >= 0.3 is 12.1 Å². The Bertz CT molecular complexity index is 770. The van der Waals surface area contributed by atoms with Gasteiger partial charge in [-0.25, -0.2) is 4.79 Å². The summed E-state index contributed by atoms with van der Waals surface area (Å²) in [6.45, 7) is 0.885. The van der Waals surface area contributed by atoms with E-state index in [1.54, 1.807) is 6.92 Å². The molecule has 1 amide bonds. The highest BCUT2D eigenvalue weighted by Crippen LogP contribution is 2.36. The number of anilines is 1. The molecule has 0 saturated heterocycles. The Kier molecular flexibility index (Phi) is 5.18. The van der Waals surface area contributed by atoms with Gasteiger partial charge in [0.25, 0.3) is 5.91 Å². The molecule has 24 heavy (non-hydrogen) atoms. The number of hydrogen-bond acceptors (Lipinski definition) is 4. The average Bonchev–Trinajstić information content (AvgIpc) is 2.92. The summed E-state index contributed by atoms with van der Waals surface area (Å²) in [6.07, 6.45) is -3.36. The van der Waals surface area contributed by atoms with Crippen LogP contribution in [0.25, 0.3) is 0 Å². The van der Waals surface area contributed by atoms with E-state index < -0.39 is 35.2 Å². The van der Waals surface area contributed by atoms with Crippen LogP contribution in [0.15, 0.2) is 34.9 Å². The number of alkyl halides is 3. The number of amides is 1. The van der Waals surface area contributed by atoms with Crippen molar-refractivity contribution in [3.8, 4) is 0 Å². The molecule has 1 N–H and O–H groups in total. The number of carbonyl (C=O) groups excluding carboxylic acids is 2. The molecular weight excluding hydrogens is 351 g/mol. The summed E-state index contributed by atoms with van der Waals surface area (Å²) < 4.78 is 47.9. The first-order valence-electron chi connectivity index (χ1n) is 6.56. The number of nitrogens with one attached hydrogen (secondary N) is 1. The van der Waals surface area contributed by atoms with Crippen molar-refractivity contribution in [1.29, 1.82) is 0 Å². The lowest BCUT2D eigenvalue weighted by molar-refractivity contribution is -0.137. The maximum Gasteiger partial charge on any atom is 0.417 e. The number of hydrogen-bond donors (Lipinski definition) is 1. The van der Waals surface area contributed by atoms with E-state index >= 15 is 0 Å². The molecule has 0 spiro atoms. The van der Waals surface area contributed by atoms with E-state index in [-0.39, 0.29) is 11.3 Å². The van der Waals surface area contributed by atoms with Gasteiger partial charge in [0, 0.05) is 5.69 Å². The van der Waals surface area contributed by atoms with Crippen molar-refractivity contribution in [2.75, 3.05) is 11.9 Å². The molecule has 9 heteroatoms. The smallest absolute Gasteiger partial charge is 0.417 e. The highest BCUT2D eigenvalue weighted by molar-refractivity contribution is 6.31. The highest BCUT2D eigenvalue weighted by Gasteiger charge is 2.33. The second-order valence-electron chi connectivity index (χ2n) is 4.71. The summed E-state index contributed by atoms with van der Waals surface area (Å²) in [6, 6.07) is 4.30. The molecule has 1 heterocycles. The molecule has 0 aliphatic heterocycles. The maximum absolute atomic E-state index is 12.7. The monoisotopic (exact) mass is 361 g/mol. The molecule has 0 radical (unpaired) electrons. The average molecular weight is 362 g/mol. The van der Waals surface area contributed by atoms with Crippen molar-refractivity contribution in [2.45, 2.75) is 13.1 Å². The van der Waals surface area contributed by atoms with Gasteiger partial charge in [-0.3, -0.25) is 4.79 Å². The molecule has 0 aliphatic rings. The maximum atomic E-state index is 12.7. The molecule has 0 bridgehead atoms. The first-order chi connectivity index (χ1) is 11.2. The second kappa shape index (κ2) is 6.96. The third kappa shape index (κ3) is 4.29. The summed E-state index contributed by atoms with van der Waals surface area (Å²) in [5, 5.41) is 1.71. The van der Waals surface area contributed by atoms with Crippen molar-refractivity contribution in [3.05, 3.63) is 52.4 Å². The number of rotatable bonds is 4. The topological polar surface area (TPSA) is 68.5 Å². The van der Waals surface area contributed by atoms with E-state index in [9.17, 15) is 22.8 Å². The first kappa shape index (κ1) is 17.9. The molecule has 2 rings (SSSR count). The fourth-order valence-electron chi connectivity index (χ4n) is 1.82. The fraction of sp³-hybridized carbons (Fsp3) is 0.200. The number of esters is 1. The Morgan fingerprint density at radius 1 is 1.29 bits per heavy atom. The number of ether oxygens (including phenoxy) is 1. The summed E-state index contributed by atoms with van der Waals surface area (Å²) in [5.41, 5.74) is -1.03. The van der Waals surface area contributed by atoms with Gasteiger partial charge in [-0.1, -0.05) is 11.6 Å². The predicted molar refractivity (Wildman–Crippen MR) is 78.8 cm³/mol. The molecule has 1 aromatic heterocycles. The zero-order valence-electron chi connectivity index (χ0n) is 12.2. The van der Waals surface area contributed by atoms with Crippen LogP contribution in [0.1, 0.15) is 21.7 Å². The number of halogens is 4. The van der Waals surface area contributed by atoms with Gasteiger partial charge in [0.1, 0.15) is 11.3 Å². The number of furan rings is 1. The molecule has 128 valence electrons. The fourth-order valence-corrected chi connectivity index (χ4v) is 2.05. The lowest BCUT2D eigenvalue weighted by Crippen LogP contribution is -2.21. The lowest BCUT2D eigenvalue weighted by atomic mass is 10.2. The van der Waals surface area contributed by atoms with Crippen molar-refractivity contribution in [3.63, 3.8) is 0 Å². The minimum absolute atomic E-state index is 0.118. The van der Waals surface area contributed by atoms with Gasteiger partial charge in [0.15, 0.2) is 6.61 Å². The molecular formula is C15H11ClF3NO4. The number of aryl methyl sites for hydroxylation is 1. The third-order valence-electron chi connectivity index (χ3n) is 2.97. The van der Waals surface area contributed by atoms with Crippen LogP contribution in [0.3, 0.4) is 0 Å². The Balaban J connectivity index is 1.98. The molecule has 0 atom stereocenters. The van der Waals surface area contributed by atoms with E-state index in [0.29, 0.717) is 11.8 Å². The first-order valence-corrected chi connectivity index (χ1v) is 6.94. The Morgan fingerprint density at radius 2 is 2.00 bits per heavy atom. The largest absolute Gasteiger partial charge is 0.469 e. The van der Waals surface area contributed by atoms with E-state index in [2.05, 4.69) is 5.32 Å². The van der Waals surface area contributed by atoms with Crippen LogP contribution in [0.4, 0.5) is 18.9 Å². The number of carbonyl (C=O) groups is 2. The van der Waals surface area contributed by atoms with Crippen LogP contribution < -0.4 is 5.32 Å². The van der Waals surface area contributed by atoms with Gasteiger partial charge < -0.3 is 14.5 Å². The Labute approximate surface area is 139 Å². The summed E-state index contributed by atoms with van der Waals surface area (Å²) >= 11 is 5.48. The van der Waals surface area contributed by atoms with Crippen molar-refractivity contribution >= 4 is 29.2 Å². The van der Waals surface area contributed by atoms with Crippen molar-refractivity contribution in [1.82, 2.24) is 0 Å². The van der Waals surface area contributed by atoms with Crippen LogP contribution in [0, 0.1) is 6.92 Å². The second-order valence-corrected chi connectivity index (χ2v) is 5.11. The Hall–Kier alpha value is -2.48. The molecule has 0 aliphatic carbocycles. The SMILES string of the molecule is Cc1occc1C(=O)OCC(=O)Nc1ccc(Cl)c(C(F)(F)F)c1. The molecule has 0 unspecified atom stereocenters. The van der Waals surface area contributed by atoms with Gasteiger partial charge in [-0.2, -0.15) is 13.2 Å². The standard InChI is InChI=1S/C15H11ClF3NO4/c1-8-10(4-5-23-8)14(22)24-7-13(21)20-9-2-3-12(16)11(6-9)15(17,18)19/h2-6H,7H2,1H3,(H,20,21). The highest BCUT2D eigenvalue weighted by atomic mass is 35.5. The number of benzene rings is 1. The molecule has 1 aromatic carbocycles. The van der Waals surface area contributed by atoms with Crippen LogP contribution in [0.5, 0.6) is 0 Å². The van der Waals surface area contributed by atoms with E-state index in [1.807, 2.05) is 0 Å². The summed E-state index contributed by atoms with van der Waals surface area (Å²) in [4.78, 5) is 23.4. The van der Waals surface area contributed by atoms with E-state index in [1.165, 1.54) is 18.4 Å². The minimum Gasteiger partial charge on any atom is -0.469 e. The van der Waals surface area contributed by atoms with Crippen LogP contribution in [-0.2, 0) is 15.7 Å². The van der Waals surface area contributed by atoms with E-state index in [4.69, 9.17) is 20.8 Å². The summed E-state index contributed by atoms with van der Waals surface area (Å²) in [7, 11) is 0. The van der Waals surface area contributed by atoms with Crippen LogP contribution in [0.2, 0.25) is 5.02 Å². The van der Waals surface area contributed by atoms with Crippen molar-refractivity contribution in [2.24, 2.45) is 0 Å². The van der Waals surface area contributed by atoms with E-state index in [0.717, 1.165) is 6.07 Å². The normalized spacial score (nSPS) is 11.2. The lowest BCUT2D eigenvalue weighted by Gasteiger charge is -2.11. The summed E-state index contributed by atoms with van der Waals surface area (Å²) in [5.74, 6) is -1.24. The third-order valence-corrected chi connectivity index (χ3v) is 3.30. The van der Waals surface area contributed by atoms with Crippen LogP contribution >= 0.6 is 11.6 Å². The van der Waals surface area contributed by atoms with Gasteiger partial charge in [0.2, 0.25) is 0 Å². The van der Waals surface area contributed by atoms with Gasteiger partial charge in [-0.05, 0) is 31.2 Å². The van der Waals surface area contributed by atoms with Gasteiger partial charge in [-0.15, -0.1) is 0 Å². The van der Waals surface area contributed by atoms with Crippen LogP contribution in [-0.4, -0.2) is 18.5 Å². The minimum atomic E-state index is -4.65. The molecule has 2 aromatic rings. The van der Waals surface area contributed by atoms with Gasteiger partial charge in [0.05, 0.1) is 16.8 Å². The molecule has 0 fully saturated rings. The molecule has 0 saturated carbocycles. The quantitative estimate of drug-likeness (QED) is 0.834.